The highest BCUT2D eigenvalue weighted by Crippen LogP contribution is 2.35. The van der Waals surface area contributed by atoms with Crippen LogP contribution in [0, 0.1) is 0 Å². The highest BCUT2D eigenvalue weighted by Gasteiger charge is 2.36. The van der Waals surface area contributed by atoms with E-state index in [0.29, 0.717) is 0 Å². The highest BCUT2D eigenvalue weighted by molar-refractivity contribution is 8.00. The maximum Gasteiger partial charge on any atom is 0.232 e. The summed E-state index contributed by atoms with van der Waals surface area (Å²) >= 11 is 1.96. The largest absolute Gasteiger partial charge is 0.384 e. The zero-order valence-electron chi connectivity index (χ0n) is 11.5. The van der Waals surface area contributed by atoms with Gasteiger partial charge in [-0.25, -0.2) is 0 Å². The fourth-order valence-electron chi connectivity index (χ4n) is 2.93. The molecule has 1 saturated heterocycles. The number of carbonyl (C=O) groups is 1. The third kappa shape index (κ3) is 2.46. The molecule has 1 N–H and O–H groups in total. The molecule has 2 aliphatic rings. The summed E-state index contributed by atoms with van der Waals surface area (Å²) in [5.74, 6) is 1.32. The van der Waals surface area contributed by atoms with Gasteiger partial charge in [0.15, 0.2) is 0 Å². The number of hydrogen-bond donors (Lipinski definition) is 1. The maximum absolute atomic E-state index is 12.7. The van der Waals surface area contributed by atoms with Crippen LogP contribution in [0.1, 0.15) is 25.3 Å². The van der Waals surface area contributed by atoms with Gasteiger partial charge in [-0.2, -0.15) is 11.8 Å². The van der Waals surface area contributed by atoms with Gasteiger partial charge in [0, 0.05) is 35.8 Å². The fraction of sp³-hybridized carbons (Fsp3) is 0.533. The van der Waals surface area contributed by atoms with E-state index in [0.717, 1.165) is 36.6 Å². The summed E-state index contributed by atoms with van der Waals surface area (Å²) in [6.07, 6.45) is 0. The maximum atomic E-state index is 12.7. The second-order valence-electron chi connectivity index (χ2n) is 5.89. The van der Waals surface area contributed by atoms with Crippen molar-refractivity contribution in [2.24, 2.45) is 0 Å². The third-order valence-corrected chi connectivity index (χ3v) is 5.17. The molecule has 1 fully saturated rings. The fourth-order valence-corrected chi connectivity index (χ4v) is 4.04. The van der Waals surface area contributed by atoms with E-state index in [2.05, 4.69) is 31.3 Å². The van der Waals surface area contributed by atoms with Crippen LogP contribution in [-0.4, -0.2) is 40.9 Å². The minimum atomic E-state index is -0.00454. The average molecular weight is 276 g/mol. The monoisotopic (exact) mass is 276 g/mol. The van der Waals surface area contributed by atoms with E-state index in [1.165, 1.54) is 0 Å². The van der Waals surface area contributed by atoms with Crippen molar-refractivity contribution >= 4 is 23.4 Å². The van der Waals surface area contributed by atoms with Crippen LogP contribution in [0.25, 0.3) is 0 Å². The van der Waals surface area contributed by atoms with Crippen LogP contribution in [0.4, 0.5) is 5.69 Å². The van der Waals surface area contributed by atoms with Crippen LogP contribution in [0.5, 0.6) is 0 Å². The van der Waals surface area contributed by atoms with Gasteiger partial charge >= 0.3 is 0 Å². The average Bonchev–Trinajstić information content (AvgIpc) is 2.80. The predicted molar refractivity (Wildman–Crippen MR) is 80.8 cm³/mol. The summed E-state index contributed by atoms with van der Waals surface area (Å²) in [5, 5.41) is 3.34. The minimum absolute atomic E-state index is 0.00454. The molecular formula is C15H20N2OS. The van der Waals surface area contributed by atoms with Gasteiger partial charge in [0.2, 0.25) is 5.91 Å². The Hall–Kier alpha value is -1.16. The van der Waals surface area contributed by atoms with E-state index in [-0.39, 0.29) is 16.6 Å². The van der Waals surface area contributed by atoms with Crippen molar-refractivity contribution in [3.63, 3.8) is 0 Å². The van der Waals surface area contributed by atoms with Crippen LogP contribution >= 0.6 is 11.8 Å². The van der Waals surface area contributed by atoms with Crippen LogP contribution < -0.4 is 5.32 Å². The van der Waals surface area contributed by atoms with Crippen molar-refractivity contribution in [2.75, 3.05) is 30.7 Å². The van der Waals surface area contributed by atoms with Gasteiger partial charge in [0.1, 0.15) is 0 Å². The van der Waals surface area contributed by atoms with Crippen molar-refractivity contribution in [1.82, 2.24) is 4.90 Å². The first-order valence-corrected chi connectivity index (χ1v) is 7.81. The van der Waals surface area contributed by atoms with Crippen LogP contribution in [0.3, 0.4) is 0 Å². The summed E-state index contributed by atoms with van der Waals surface area (Å²) in [6.45, 7) is 6.92. The summed E-state index contributed by atoms with van der Waals surface area (Å²) in [4.78, 5) is 14.8. The first kappa shape index (κ1) is 12.9. The van der Waals surface area contributed by atoms with Crippen LogP contribution in [0.2, 0.25) is 0 Å². The van der Waals surface area contributed by atoms with Crippen molar-refractivity contribution in [3.8, 4) is 0 Å². The molecule has 0 aliphatic carbocycles. The molecule has 1 aromatic rings. The number of anilines is 1. The van der Waals surface area contributed by atoms with E-state index >= 15 is 0 Å². The molecule has 102 valence electrons. The molecular weight excluding hydrogens is 256 g/mol. The first-order valence-electron chi connectivity index (χ1n) is 6.82. The Labute approximate surface area is 118 Å². The van der Waals surface area contributed by atoms with E-state index in [1.807, 2.05) is 28.8 Å². The quantitative estimate of drug-likeness (QED) is 0.855. The van der Waals surface area contributed by atoms with Crippen LogP contribution in [0.15, 0.2) is 24.3 Å². The zero-order chi connectivity index (χ0) is 13.5. The second-order valence-corrected chi connectivity index (χ2v) is 7.69. The molecule has 0 aromatic heterocycles. The zero-order valence-corrected chi connectivity index (χ0v) is 12.3. The lowest BCUT2D eigenvalue weighted by Crippen LogP contribution is -2.48. The Morgan fingerprint density at radius 3 is 3.00 bits per heavy atom. The van der Waals surface area contributed by atoms with Gasteiger partial charge in [0.05, 0.1) is 5.92 Å². The second kappa shape index (κ2) is 4.75. The highest BCUT2D eigenvalue weighted by atomic mass is 32.2. The summed E-state index contributed by atoms with van der Waals surface area (Å²) < 4.78 is 0.180. The molecule has 3 rings (SSSR count). The SMILES string of the molecule is CC1(C)CN(C(=O)C2CNc3ccccc32)CCS1. The molecule has 4 heteroatoms. The molecule has 0 saturated carbocycles. The Morgan fingerprint density at radius 2 is 2.21 bits per heavy atom. The lowest BCUT2D eigenvalue weighted by atomic mass is 9.99. The van der Waals surface area contributed by atoms with Gasteiger partial charge < -0.3 is 10.2 Å². The normalized spacial score (nSPS) is 24.7. The molecule has 0 bridgehead atoms. The summed E-state index contributed by atoms with van der Waals surface area (Å²) in [5.41, 5.74) is 2.27. The molecule has 1 aromatic carbocycles. The predicted octanol–water partition coefficient (Wildman–Crippen LogP) is 2.55. The summed E-state index contributed by atoms with van der Waals surface area (Å²) in [6, 6.07) is 8.15. The molecule has 1 amide bonds. The number of para-hydroxylation sites is 1. The minimum Gasteiger partial charge on any atom is -0.384 e. The van der Waals surface area contributed by atoms with E-state index in [4.69, 9.17) is 0 Å². The standard InChI is InChI=1S/C15H20N2OS/c1-15(2)10-17(7-8-19-15)14(18)12-9-16-13-6-4-3-5-11(12)13/h3-6,12,16H,7-10H2,1-2H3. The van der Waals surface area contributed by atoms with Gasteiger partial charge in [0.25, 0.3) is 0 Å². The number of amides is 1. The van der Waals surface area contributed by atoms with Gasteiger partial charge in [-0.15, -0.1) is 0 Å². The van der Waals surface area contributed by atoms with E-state index in [9.17, 15) is 4.79 Å². The molecule has 1 atom stereocenters. The Kier molecular flexibility index (Phi) is 3.21. The smallest absolute Gasteiger partial charge is 0.232 e. The van der Waals surface area contributed by atoms with Crippen molar-refractivity contribution in [3.05, 3.63) is 29.8 Å². The molecule has 19 heavy (non-hydrogen) atoms. The lowest BCUT2D eigenvalue weighted by Gasteiger charge is -2.38. The Morgan fingerprint density at radius 1 is 1.42 bits per heavy atom. The summed E-state index contributed by atoms with van der Waals surface area (Å²) in [7, 11) is 0. The number of thioether (sulfide) groups is 1. The van der Waals surface area contributed by atoms with Gasteiger partial charge in [-0.05, 0) is 25.5 Å². The number of fused-ring (bicyclic) bond motifs is 1. The number of benzene rings is 1. The van der Waals surface area contributed by atoms with Gasteiger partial charge in [-0.1, -0.05) is 18.2 Å². The molecule has 0 radical (unpaired) electrons. The number of nitrogens with one attached hydrogen (secondary N) is 1. The number of hydrogen-bond acceptors (Lipinski definition) is 3. The Bertz CT molecular complexity index is 501. The number of nitrogens with zero attached hydrogens (tertiary/aromatic N) is 1. The first-order chi connectivity index (χ1) is 9.07. The third-order valence-electron chi connectivity index (χ3n) is 3.87. The molecule has 0 spiro atoms. The Balaban J connectivity index is 1.78. The van der Waals surface area contributed by atoms with Crippen LogP contribution in [-0.2, 0) is 4.79 Å². The molecule has 2 aliphatic heterocycles. The van der Waals surface area contributed by atoms with Crippen molar-refractivity contribution in [2.45, 2.75) is 24.5 Å². The molecule has 3 nitrogen and oxygen atoms in total. The molecule has 1 unspecified atom stereocenters. The lowest BCUT2D eigenvalue weighted by molar-refractivity contribution is -0.132. The topological polar surface area (TPSA) is 32.3 Å². The molecule has 2 heterocycles. The van der Waals surface area contributed by atoms with Crippen molar-refractivity contribution in [1.29, 1.82) is 0 Å². The van der Waals surface area contributed by atoms with E-state index in [1.54, 1.807) is 0 Å². The van der Waals surface area contributed by atoms with Crippen molar-refractivity contribution < 1.29 is 4.79 Å². The number of rotatable bonds is 1. The number of carbonyl (C=O) groups excluding carboxylic acids is 1. The van der Waals surface area contributed by atoms with E-state index < -0.39 is 0 Å². The van der Waals surface area contributed by atoms with Gasteiger partial charge in [-0.3, -0.25) is 4.79 Å².